The topological polar surface area (TPSA) is 31.4 Å². The highest BCUT2D eigenvalue weighted by molar-refractivity contribution is 5.43. The van der Waals surface area contributed by atoms with Crippen molar-refractivity contribution in [2.45, 2.75) is 46.6 Å². The molecule has 1 aromatic rings. The number of nitrogens with zero attached hydrogens (tertiary/aromatic N) is 1. The first-order valence-corrected chi connectivity index (χ1v) is 5.92. The Balaban J connectivity index is 0.000000606. The fourth-order valence-corrected chi connectivity index (χ4v) is 1.50. The molecule has 0 aromatic carbocycles. The van der Waals surface area contributed by atoms with Crippen molar-refractivity contribution in [1.29, 1.82) is 0 Å². The summed E-state index contributed by atoms with van der Waals surface area (Å²) >= 11 is 0. The molecule has 0 spiro atoms. The van der Waals surface area contributed by atoms with Gasteiger partial charge in [0.15, 0.2) is 5.75 Å². The molecule has 1 aromatic heterocycles. The van der Waals surface area contributed by atoms with E-state index in [1.165, 1.54) is 0 Å². The minimum atomic E-state index is -0.250. The Morgan fingerprint density at radius 1 is 1.38 bits per heavy atom. The van der Waals surface area contributed by atoms with Gasteiger partial charge < -0.3 is 9.47 Å². The van der Waals surface area contributed by atoms with E-state index in [1.807, 2.05) is 33.8 Å². The van der Waals surface area contributed by atoms with Gasteiger partial charge in [-0.05, 0) is 26.3 Å². The van der Waals surface area contributed by atoms with Crippen LogP contribution in [-0.2, 0) is 6.42 Å². The van der Waals surface area contributed by atoms with Crippen LogP contribution in [0.5, 0.6) is 11.6 Å². The van der Waals surface area contributed by atoms with E-state index >= 15 is 0 Å². The second-order valence-corrected chi connectivity index (χ2v) is 4.11. The molecule has 90 valence electrons. The highest BCUT2D eigenvalue weighted by Gasteiger charge is 2.30. The molecule has 0 atom stereocenters. The fourth-order valence-electron chi connectivity index (χ4n) is 1.50. The maximum atomic E-state index is 5.85. The van der Waals surface area contributed by atoms with E-state index in [-0.39, 0.29) is 5.60 Å². The Morgan fingerprint density at radius 3 is 2.69 bits per heavy atom. The molecule has 0 fully saturated rings. The Hall–Kier alpha value is -1.25. The van der Waals surface area contributed by atoms with Crippen LogP contribution in [0.25, 0.3) is 0 Å². The molecule has 2 rings (SSSR count). The van der Waals surface area contributed by atoms with Crippen molar-refractivity contribution in [3.05, 3.63) is 17.8 Å². The molecule has 3 heteroatoms. The van der Waals surface area contributed by atoms with E-state index < -0.39 is 0 Å². The van der Waals surface area contributed by atoms with Crippen LogP contribution < -0.4 is 9.47 Å². The summed E-state index contributed by atoms with van der Waals surface area (Å²) in [7, 11) is 0. The number of ether oxygens (including phenoxy) is 2. The zero-order valence-corrected chi connectivity index (χ0v) is 10.8. The standard InChI is InChI=1S/C11H15NO2.C2H6/c1-4-8-5-6-12-10-9(8)14-11(2,3)7-13-10;1-2/h5-6H,4,7H2,1-3H3;1-2H3. The van der Waals surface area contributed by atoms with E-state index in [4.69, 9.17) is 9.47 Å². The SMILES string of the molecule is CC.CCc1ccnc2c1OC(C)(C)CO2. The smallest absolute Gasteiger partial charge is 0.257 e. The number of pyridine rings is 1. The minimum absolute atomic E-state index is 0.250. The second kappa shape index (κ2) is 5.19. The van der Waals surface area contributed by atoms with Gasteiger partial charge in [0.05, 0.1) is 0 Å². The molecule has 1 aliphatic heterocycles. The molecule has 0 aliphatic carbocycles. The van der Waals surface area contributed by atoms with Crippen molar-refractivity contribution in [2.75, 3.05) is 6.61 Å². The van der Waals surface area contributed by atoms with Gasteiger partial charge in [-0.2, -0.15) is 0 Å². The van der Waals surface area contributed by atoms with Crippen molar-refractivity contribution in [2.24, 2.45) is 0 Å². The van der Waals surface area contributed by atoms with Gasteiger partial charge >= 0.3 is 0 Å². The number of hydrogen-bond acceptors (Lipinski definition) is 3. The zero-order valence-electron chi connectivity index (χ0n) is 10.8. The molecule has 0 radical (unpaired) electrons. The maximum Gasteiger partial charge on any atom is 0.257 e. The van der Waals surface area contributed by atoms with E-state index in [0.717, 1.165) is 17.7 Å². The van der Waals surface area contributed by atoms with E-state index in [2.05, 4.69) is 11.9 Å². The van der Waals surface area contributed by atoms with Crippen LogP contribution in [0.2, 0.25) is 0 Å². The molecular weight excluding hydrogens is 202 g/mol. The van der Waals surface area contributed by atoms with Crippen molar-refractivity contribution in [3.63, 3.8) is 0 Å². The third-order valence-electron chi connectivity index (χ3n) is 2.27. The van der Waals surface area contributed by atoms with Crippen molar-refractivity contribution >= 4 is 0 Å². The Bertz CT molecular complexity index is 334. The molecule has 1 aliphatic rings. The lowest BCUT2D eigenvalue weighted by Crippen LogP contribution is -2.39. The molecule has 3 nitrogen and oxygen atoms in total. The van der Waals surface area contributed by atoms with Crippen LogP contribution in [0, 0.1) is 0 Å². The molecule has 0 N–H and O–H groups in total. The summed E-state index contributed by atoms with van der Waals surface area (Å²) < 4.78 is 11.4. The van der Waals surface area contributed by atoms with Crippen LogP contribution in [0.15, 0.2) is 12.3 Å². The van der Waals surface area contributed by atoms with Gasteiger partial charge in [0.25, 0.3) is 5.88 Å². The number of fused-ring (bicyclic) bond motifs is 1. The zero-order chi connectivity index (χ0) is 12.2. The molecular formula is C13H21NO2. The van der Waals surface area contributed by atoms with Gasteiger partial charge in [-0.15, -0.1) is 0 Å². The summed E-state index contributed by atoms with van der Waals surface area (Å²) in [5.74, 6) is 1.44. The molecule has 2 heterocycles. The van der Waals surface area contributed by atoms with Gasteiger partial charge in [-0.3, -0.25) is 0 Å². The first-order valence-electron chi connectivity index (χ1n) is 5.92. The summed E-state index contributed by atoms with van der Waals surface area (Å²) in [4.78, 5) is 4.15. The third kappa shape index (κ3) is 2.65. The van der Waals surface area contributed by atoms with Crippen molar-refractivity contribution < 1.29 is 9.47 Å². The average molecular weight is 223 g/mol. The monoisotopic (exact) mass is 223 g/mol. The van der Waals surface area contributed by atoms with Crippen LogP contribution in [0.4, 0.5) is 0 Å². The molecule has 0 unspecified atom stereocenters. The second-order valence-electron chi connectivity index (χ2n) is 4.11. The van der Waals surface area contributed by atoms with E-state index in [9.17, 15) is 0 Å². The van der Waals surface area contributed by atoms with Gasteiger partial charge in [-0.1, -0.05) is 20.8 Å². The normalized spacial score (nSPS) is 16.1. The number of hydrogen-bond donors (Lipinski definition) is 0. The fraction of sp³-hybridized carbons (Fsp3) is 0.615. The van der Waals surface area contributed by atoms with Crippen LogP contribution in [0.1, 0.15) is 40.2 Å². The molecule has 0 saturated carbocycles. The average Bonchev–Trinajstić information content (AvgIpc) is 2.30. The molecule has 16 heavy (non-hydrogen) atoms. The Labute approximate surface area is 97.8 Å². The van der Waals surface area contributed by atoms with E-state index in [1.54, 1.807) is 6.20 Å². The summed E-state index contributed by atoms with van der Waals surface area (Å²) in [6.07, 6.45) is 2.70. The molecule has 0 amide bonds. The Kier molecular flexibility index (Phi) is 4.16. The van der Waals surface area contributed by atoms with Crippen molar-refractivity contribution in [3.8, 4) is 11.6 Å². The lowest BCUT2D eigenvalue weighted by Gasteiger charge is -2.32. The third-order valence-corrected chi connectivity index (χ3v) is 2.27. The van der Waals surface area contributed by atoms with Crippen molar-refractivity contribution in [1.82, 2.24) is 4.98 Å². The predicted molar refractivity (Wildman–Crippen MR) is 65.2 cm³/mol. The Morgan fingerprint density at radius 2 is 2.06 bits per heavy atom. The van der Waals surface area contributed by atoms with Gasteiger partial charge in [0.1, 0.15) is 12.2 Å². The van der Waals surface area contributed by atoms with Crippen LogP contribution >= 0.6 is 0 Å². The lowest BCUT2D eigenvalue weighted by atomic mass is 10.1. The van der Waals surface area contributed by atoms with Gasteiger partial charge in [0.2, 0.25) is 0 Å². The quantitative estimate of drug-likeness (QED) is 0.732. The van der Waals surface area contributed by atoms with Crippen LogP contribution in [0.3, 0.4) is 0 Å². The molecule has 0 bridgehead atoms. The van der Waals surface area contributed by atoms with E-state index in [0.29, 0.717) is 12.5 Å². The van der Waals surface area contributed by atoms with Crippen LogP contribution in [-0.4, -0.2) is 17.2 Å². The highest BCUT2D eigenvalue weighted by atomic mass is 16.6. The maximum absolute atomic E-state index is 5.85. The number of aromatic nitrogens is 1. The first-order chi connectivity index (χ1) is 7.62. The summed E-state index contributed by atoms with van der Waals surface area (Å²) in [6, 6.07) is 1.98. The minimum Gasteiger partial charge on any atom is -0.478 e. The largest absolute Gasteiger partial charge is 0.478 e. The number of rotatable bonds is 1. The number of aryl methyl sites for hydroxylation is 1. The van der Waals surface area contributed by atoms with Gasteiger partial charge in [0, 0.05) is 11.8 Å². The first kappa shape index (κ1) is 12.8. The highest BCUT2D eigenvalue weighted by Crippen LogP contribution is 2.36. The summed E-state index contributed by atoms with van der Waals surface area (Å²) in [6.45, 7) is 10.7. The summed E-state index contributed by atoms with van der Waals surface area (Å²) in [5, 5.41) is 0. The lowest BCUT2D eigenvalue weighted by molar-refractivity contribution is 0.0167. The summed E-state index contributed by atoms with van der Waals surface area (Å²) in [5.41, 5.74) is 0.905. The van der Waals surface area contributed by atoms with Gasteiger partial charge in [-0.25, -0.2) is 4.98 Å². The predicted octanol–water partition coefficient (Wildman–Crippen LogP) is 3.22. The molecule has 0 saturated heterocycles.